The molecule has 1 aliphatic rings. The topological polar surface area (TPSA) is 101 Å². The molecule has 0 bridgehead atoms. The second-order valence-corrected chi connectivity index (χ2v) is 6.57. The van der Waals surface area contributed by atoms with Gasteiger partial charge in [-0.3, -0.25) is 19.5 Å². The van der Waals surface area contributed by atoms with Crippen molar-refractivity contribution in [2.75, 3.05) is 39.4 Å². The van der Waals surface area contributed by atoms with E-state index in [0.29, 0.717) is 26.3 Å². The zero-order chi connectivity index (χ0) is 19.6. The van der Waals surface area contributed by atoms with Gasteiger partial charge >= 0.3 is 11.8 Å². The van der Waals surface area contributed by atoms with Gasteiger partial charge in [0.25, 0.3) is 0 Å². The molecule has 0 unspecified atom stereocenters. The van der Waals surface area contributed by atoms with Gasteiger partial charge in [-0.25, -0.2) is 4.98 Å². The number of morpholine rings is 1. The second-order valence-electron chi connectivity index (χ2n) is 6.57. The van der Waals surface area contributed by atoms with Crippen molar-refractivity contribution < 1.29 is 14.3 Å². The van der Waals surface area contributed by atoms with E-state index >= 15 is 0 Å². The highest BCUT2D eigenvalue weighted by atomic mass is 16.5. The van der Waals surface area contributed by atoms with E-state index in [1.165, 1.54) is 0 Å². The fourth-order valence-corrected chi connectivity index (χ4v) is 3.15. The molecule has 0 radical (unpaired) electrons. The maximum Gasteiger partial charge on any atom is 0.309 e. The van der Waals surface area contributed by atoms with Crippen LogP contribution in [0.25, 0.3) is 0 Å². The fourth-order valence-electron chi connectivity index (χ4n) is 3.15. The summed E-state index contributed by atoms with van der Waals surface area (Å²) >= 11 is 0. The number of ether oxygens (including phenoxy) is 1. The lowest BCUT2D eigenvalue weighted by Gasteiger charge is -2.34. The van der Waals surface area contributed by atoms with Gasteiger partial charge in [-0.2, -0.15) is 0 Å². The number of hydrogen-bond donors (Lipinski definition) is 2. The third-order valence-electron chi connectivity index (χ3n) is 4.66. The average molecular weight is 386 g/mol. The quantitative estimate of drug-likeness (QED) is 0.488. The van der Waals surface area contributed by atoms with Crippen LogP contribution in [-0.2, 0) is 20.9 Å². The van der Waals surface area contributed by atoms with Crippen molar-refractivity contribution in [1.29, 1.82) is 0 Å². The Balaban J connectivity index is 1.46. The number of pyridine rings is 1. The summed E-state index contributed by atoms with van der Waals surface area (Å²) in [6.45, 7) is 4.37. The van der Waals surface area contributed by atoms with E-state index in [1.54, 1.807) is 24.9 Å². The first-order valence-corrected chi connectivity index (χ1v) is 9.47. The largest absolute Gasteiger partial charge is 0.379 e. The Morgan fingerprint density at radius 2 is 1.96 bits per heavy atom. The summed E-state index contributed by atoms with van der Waals surface area (Å²) in [7, 11) is 0. The van der Waals surface area contributed by atoms with Crippen molar-refractivity contribution in [3.63, 3.8) is 0 Å². The van der Waals surface area contributed by atoms with E-state index in [9.17, 15) is 9.59 Å². The molecule has 1 atom stereocenters. The third kappa shape index (κ3) is 5.86. The number of nitrogens with zero attached hydrogens (tertiary/aromatic N) is 4. The summed E-state index contributed by atoms with van der Waals surface area (Å²) in [4.78, 5) is 34.6. The van der Waals surface area contributed by atoms with Crippen molar-refractivity contribution in [2.24, 2.45) is 0 Å². The summed E-state index contributed by atoms with van der Waals surface area (Å²) in [6.07, 6.45) is 9.52. The summed E-state index contributed by atoms with van der Waals surface area (Å²) in [5.41, 5.74) is 1.01. The van der Waals surface area contributed by atoms with Crippen LogP contribution in [0, 0.1) is 0 Å². The number of imidazole rings is 1. The highest BCUT2D eigenvalue weighted by Crippen LogP contribution is 2.20. The molecule has 2 aromatic rings. The SMILES string of the molecule is O=C(NCCCn1ccnc1)C(=O)NC[C@H](c1cccnc1)N1CCOCC1. The van der Waals surface area contributed by atoms with E-state index < -0.39 is 11.8 Å². The van der Waals surface area contributed by atoms with Gasteiger partial charge in [-0.1, -0.05) is 6.07 Å². The Morgan fingerprint density at radius 3 is 2.68 bits per heavy atom. The van der Waals surface area contributed by atoms with E-state index in [4.69, 9.17) is 4.74 Å². The Bertz CT molecular complexity index is 731. The number of aryl methyl sites for hydroxylation is 1. The molecule has 0 aromatic carbocycles. The number of amides is 2. The van der Waals surface area contributed by atoms with Crippen LogP contribution < -0.4 is 10.6 Å². The molecule has 150 valence electrons. The van der Waals surface area contributed by atoms with Gasteiger partial charge in [-0.15, -0.1) is 0 Å². The Hall–Kier alpha value is -2.78. The van der Waals surface area contributed by atoms with Crippen molar-refractivity contribution >= 4 is 11.8 Å². The summed E-state index contributed by atoms with van der Waals surface area (Å²) in [5, 5.41) is 5.41. The van der Waals surface area contributed by atoms with Gasteiger partial charge < -0.3 is 19.9 Å². The zero-order valence-electron chi connectivity index (χ0n) is 15.8. The monoisotopic (exact) mass is 386 g/mol. The standard InChI is InChI=1S/C19H26N6O3/c26-18(22-5-2-7-24-8-6-21-15-24)19(27)23-14-17(16-3-1-4-20-13-16)25-9-11-28-12-10-25/h1,3-4,6,8,13,15,17H,2,5,7,9-12,14H2,(H,22,26)(H,23,27)/t17-/m1/s1. The smallest absolute Gasteiger partial charge is 0.309 e. The number of rotatable bonds is 8. The van der Waals surface area contributed by atoms with Crippen molar-refractivity contribution in [3.05, 3.63) is 48.8 Å². The molecule has 0 aliphatic carbocycles. The van der Waals surface area contributed by atoms with Gasteiger partial charge in [0.05, 0.1) is 25.6 Å². The summed E-state index contributed by atoms with van der Waals surface area (Å²) in [5.74, 6) is -1.23. The first-order chi connectivity index (χ1) is 13.7. The average Bonchev–Trinajstić information content (AvgIpc) is 3.26. The molecule has 0 spiro atoms. The van der Waals surface area contributed by atoms with Gasteiger partial charge in [0, 0.05) is 57.5 Å². The lowest BCUT2D eigenvalue weighted by Crippen LogP contribution is -2.46. The maximum atomic E-state index is 12.2. The van der Waals surface area contributed by atoms with Crippen molar-refractivity contribution in [1.82, 2.24) is 30.1 Å². The molecule has 1 aliphatic heterocycles. The second kappa shape index (κ2) is 10.5. The minimum atomic E-state index is -0.621. The minimum Gasteiger partial charge on any atom is -0.379 e. The normalized spacial score (nSPS) is 15.7. The fraction of sp³-hybridized carbons (Fsp3) is 0.474. The number of aromatic nitrogens is 3. The number of nitrogens with one attached hydrogen (secondary N) is 2. The molecule has 28 heavy (non-hydrogen) atoms. The Labute approximate surface area is 164 Å². The molecule has 1 saturated heterocycles. The van der Waals surface area contributed by atoms with Gasteiger partial charge in [0.1, 0.15) is 0 Å². The van der Waals surface area contributed by atoms with Crippen LogP contribution in [-0.4, -0.2) is 70.6 Å². The van der Waals surface area contributed by atoms with Crippen LogP contribution in [0.1, 0.15) is 18.0 Å². The van der Waals surface area contributed by atoms with E-state index in [1.807, 2.05) is 22.9 Å². The van der Waals surface area contributed by atoms with Gasteiger partial charge in [-0.05, 0) is 18.1 Å². The van der Waals surface area contributed by atoms with Crippen molar-refractivity contribution in [2.45, 2.75) is 19.0 Å². The zero-order valence-corrected chi connectivity index (χ0v) is 15.8. The third-order valence-corrected chi connectivity index (χ3v) is 4.66. The predicted molar refractivity (Wildman–Crippen MR) is 102 cm³/mol. The van der Waals surface area contributed by atoms with Crippen LogP contribution in [0.3, 0.4) is 0 Å². The maximum absolute atomic E-state index is 12.2. The number of carbonyl (C=O) groups is 2. The van der Waals surface area contributed by atoms with Crippen LogP contribution in [0.4, 0.5) is 0 Å². The lowest BCUT2D eigenvalue weighted by molar-refractivity contribution is -0.139. The van der Waals surface area contributed by atoms with Crippen LogP contribution in [0.15, 0.2) is 43.2 Å². The molecular formula is C19H26N6O3. The predicted octanol–water partition coefficient (Wildman–Crippen LogP) is -0.0259. The van der Waals surface area contributed by atoms with Gasteiger partial charge in [0.2, 0.25) is 0 Å². The lowest BCUT2D eigenvalue weighted by atomic mass is 10.1. The summed E-state index contributed by atoms with van der Waals surface area (Å²) < 4.78 is 7.34. The number of carbonyl (C=O) groups excluding carboxylic acids is 2. The molecule has 2 amide bonds. The molecule has 9 nitrogen and oxygen atoms in total. The molecule has 2 N–H and O–H groups in total. The molecule has 3 heterocycles. The van der Waals surface area contributed by atoms with Crippen LogP contribution in [0.5, 0.6) is 0 Å². The van der Waals surface area contributed by atoms with Crippen LogP contribution in [0.2, 0.25) is 0 Å². The first kappa shape index (κ1) is 20.0. The molecule has 2 aromatic heterocycles. The van der Waals surface area contributed by atoms with Crippen LogP contribution >= 0.6 is 0 Å². The van der Waals surface area contributed by atoms with E-state index in [2.05, 4.69) is 25.5 Å². The summed E-state index contributed by atoms with van der Waals surface area (Å²) in [6, 6.07) is 3.81. The van der Waals surface area contributed by atoms with E-state index in [0.717, 1.165) is 31.6 Å². The molecule has 3 rings (SSSR count). The molecule has 1 fully saturated rings. The first-order valence-electron chi connectivity index (χ1n) is 9.47. The minimum absolute atomic E-state index is 0.0457. The number of hydrogen-bond acceptors (Lipinski definition) is 6. The molecule has 9 heteroatoms. The molecule has 0 saturated carbocycles. The highest BCUT2D eigenvalue weighted by Gasteiger charge is 2.24. The molecular weight excluding hydrogens is 360 g/mol. The Kier molecular flexibility index (Phi) is 7.51. The van der Waals surface area contributed by atoms with Gasteiger partial charge in [0.15, 0.2) is 0 Å². The van der Waals surface area contributed by atoms with E-state index in [-0.39, 0.29) is 6.04 Å². The van der Waals surface area contributed by atoms with Crippen molar-refractivity contribution in [3.8, 4) is 0 Å². The highest BCUT2D eigenvalue weighted by molar-refractivity contribution is 6.35. The Morgan fingerprint density at radius 1 is 1.14 bits per heavy atom.